The van der Waals surface area contributed by atoms with Gasteiger partial charge in [0.15, 0.2) is 21.3 Å². The first-order valence-electron chi connectivity index (χ1n) is 9.62. The molecule has 27 heavy (non-hydrogen) atoms. The molecule has 7 heteroatoms. The summed E-state index contributed by atoms with van der Waals surface area (Å²) in [6.45, 7) is 8.67. The molecule has 1 aromatic carbocycles. The molecule has 0 radical (unpaired) electrons. The van der Waals surface area contributed by atoms with Crippen LogP contribution in [0.3, 0.4) is 0 Å². The second-order valence-corrected chi connectivity index (χ2v) is 10.1. The standard InChI is InChI=1S/C20H28N2O4S/c1-15(2)5-6-21-7-8-22(18-14-27(23,24)13-17(18)21)12-16-3-4-19-20(11-16)26-10-9-25-19/h3-5,11,17-18H,6-10,12-14H2,1-2H3/t17-,18+/m1/s1. The summed E-state index contributed by atoms with van der Waals surface area (Å²) in [6.07, 6.45) is 2.19. The van der Waals surface area contributed by atoms with Crippen molar-refractivity contribution in [2.75, 3.05) is 44.4 Å². The minimum absolute atomic E-state index is 0.0579. The molecule has 0 spiro atoms. The van der Waals surface area contributed by atoms with Crippen LogP contribution in [0.15, 0.2) is 29.8 Å². The molecule has 0 unspecified atom stereocenters. The van der Waals surface area contributed by atoms with E-state index in [0.29, 0.717) is 13.2 Å². The summed E-state index contributed by atoms with van der Waals surface area (Å²) in [5, 5.41) is 0. The molecule has 0 aromatic heterocycles. The summed E-state index contributed by atoms with van der Waals surface area (Å²) in [6, 6.07) is 6.18. The number of allylic oxidation sites excluding steroid dienone is 1. The highest BCUT2D eigenvalue weighted by Crippen LogP contribution is 2.33. The van der Waals surface area contributed by atoms with Gasteiger partial charge in [0.1, 0.15) is 13.2 Å². The average Bonchev–Trinajstić information content (AvgIpc) is 2.96. The third-order valence-corrected chi connectivity index (χ3v) is 7.33. The normalized spacial score (nSPS) is 27.2. The van der Waals surface area contributed by atoms with E-state index in [9.17, 15) is 8.42 Å². The predicted molar refractivity (Wildman–Crippen MR) is 105 cm³/mol. The molecular formula is C20H28N2O4S. The molecule has 0 bridgehead atoms. The Labute approximate surface area is 161 Å². The van der Waals surface area contributed by atoms with Crippen LogP contribution in [0.25, 0.3) is 0 Å². The van der Waals surface area contributed by atoms with Gasteiger partial charge in [-0.15, -0.1) is 0 Å². The lowest BCUT2D eigenvalue weighted by molar-refractivity contribution is 0.0477. The van der Waals surface area contributed by atoms with Crippen LogP contribution in [-0.2, 0) is 16.4 Å². The molecule has 2 atom stereocenters. The van der Waals surface area contributed by atoms with Crippen molar-refractivity contribution in [3.63, 3.8) is 0 Å². The van der Waals surface area contributed by atoms with Gasteiger partial charge in [-0.25, -0.2) is 8.42 Å². The summed E-state index contributed by atoms with van der Waals surface area (Å²) in [5.41, 5.74) is 2.41. The lowest BCUT2D eigenvalue weighted by Crippen LogP contribution is -2.58. The van der Waals surface area contributed by atoms with Crippen molar-refractivity contribution < 1.29 is 17.9 Å². The van der Waals surface area contributed by atoms with Crippen LogP contribution in [0.1, 0.15) is 19.4 Å². The molecule has 148 valence electrons. The molecule has 3 aliphatic rings. The molecule has 2 saturated heterocycles. The molecule has 1 aromatic rings. The number of nitrogens with zero attached hydrogens (tertiary/aromatic N) is 2. The van der Waals surface area contributed by atoms with Gasteiger partial charge in [-0.1, -0.05) is 17.7 Å². The molecule has 3 heterocycles. The lowest BCUT2D eigenvalue weighted by Gasteiger charge is -2.43. The highest BCUT2D eigenvalue weighted by molar-refractivity contribution is 7.91. The minimum Gasteiger partial charge on any atom is -0.486 e. The maximum atomic E-state index is 12.4. The molecule has 3 aliphatic heterocycles. The summed E-state index contributed by atoms with van der Waals surface area (Å²) in [4.78, 5) is 4.67. The van der Waals surface area contributed by atoms with Crippen LogP contribution in [0, 0.1) is 0 Å². The average molecular weight is 393 g/mol. The maximum Gasteiger partial charge on any atom is 0.161 e. The van der Waals surface area contributed by atoms with Gasteiger partial charge in [0.25, 0.3) is 0 Å². The zero-order valence-corrected chi connectivity index (χ0v) is 16.9. The maximum absolute atomic E-state index is 12.4. The van der Waals surface area contributed by atoms with E-state index in [1.165, 1.54) is 5.57 Å². The van der Waals surface area contributed by atoms with Gasteiger partial charge in [0.05, 0.1) is 11.5 Å². The Bertz CT molecular complexity index is 832. The summed E-state index contributed by atoms with van der Waals surface area (Å²) in [5.74, 6) is 2.11. The van der Waals surface area contributed by atoms with Gasteiger partial charge in [-0.2, -0.15) is 0 Å². The van der Waals surface area contributed by atoms with Gasteiger partial charge in [-0.05, 0) is 31.5 Å². The number of ether oxygens (including phenoxy) is 2. The third-order valence-electron chi connectivity index (χ3n) is 5.63. The van der Waals surface area contributed by atoms with Crippen LogP contribution >= 0.6 is 0 Å². The first kappa shape index (κ1) is 18.8. The number of hydrogen-bond donors (Lipinski definition) is 0. The van der Waals surface area contributed by atoms with E-state index >= 15 is 0 Å². The van der Waals surface area contributed by atoms with Crippen molar-refractivity contribution >= 4 is 9.84 Å². The van der Waals surface area contributed by atoms with Gasteiger partial charge in [-0.3, -0.25) is 9.80 Å². The molecule has 2 fully saturated rings. The number of sulfone groups is 1. The Hall–Kier alpha value is -1.57. The topological polar surface area (TPSA) is 59.1 Å². The number of piperazine rings is 1. The van der Waals surface area contributed by atoms with E-state index in [1.54, 1.807) is 0 Å². The fourth-order valence-electron chi connectivity index (χ4n) is 4.24. The highest BCUT2D eigenvalue weighted by Gasteiger charge is 2.46. The molecule has 0 amide bonds. The zero-order chi connectivity index (χ0) is 19.0. The Balaban J connectivity index is 1.51. The summed E-state index contributed by atoms with van der Waals surface area (Å²) >= 11 is 0. The van der Waals surface area contributed by atoms with Crippen molar-refractivity contribution in [2.45, 2.75) is 32.5 Å². The molecule has 0 saturated carbocycles. The van der Waals surface area contributed by atoms with Gasteiger partial charge in [0.2, 0.25) is 0 Å². The highest BCUT2D eigenvalue weighted by atomic mass is 32.2. The molecule has 4 rings (SSSR count). The number of hydrogen-bond acceptors (Lipinski definition) is 6. The third kappa shape index (κ3) is 4.15. The smallest absolute Gasteiger partial charge is 0.161 e. The molecule has 6 nitrogen and oxygen atoms in total. The first-order valence-corrected chi connectivity index (χ1v) is 11.4. The van der Waals surface area contributed by atoms with Gasteiger partial charge < -0.3 is 9.47 Å². The van der Waals surface area contributed by atoms with E-state index in [2.05, 4.69) is 35.8 Å². The monoisotopic (exact) mass is 392 g/mol. The quantitative estimate of drug-likeness (QED) is 0.727. The summed E-state index contributed by atoms with van der Waals surface area (Å²) in [7, 11) is -2.99. The van der Waals surface area contributed by atoms with Crippen molar-refractivity contribution in [1.29, 1.82) is 0 Å². The molecule has 0 aliphatic carbocycles. The molecule has 0 N–H and O–H groups in total. The van der Waals surface area contributed by atoms with Crippen LogP contribution in [-0.4, -0.2) is 74.7 Å². The number of rotatable bonds is 4. The van der Waals surface area contributed by atoms with E-state index in [-0.39, 0.29) is 23.6 Å². The lowest BCUT2D eigenvalue weighted by atomic mass is 10.0. The van der Waals surface area contributed by atoms with Crippen molar-refractivity contribution in [3.05, 3.63) is 35.4 Å². The van der Waals surface area contributed by atoms with Gasteiger partial charge >= 0.3 is 0 Å². The Morgan fingerprint density at radius 1 is 1.07 bits per heavy atom. The van der Waals surface area contributed by atoms with Crippen LogP contribution in [0.5, 0.6) is 11.5 Å². The van der Waals surface area contributed by atoms with Crippen molar-refractivity contribution in [1.82, 2.24) is 9.80 Å². The Morgan fingerprint density at radius 2 is 1.74 bits per heavy atom. The number of benzene rings is 1. The largest absolute Gasteiger partial charge is 0.486 e. The van der Waals surface area contributed by atoms with E-state index < -0.39 is 9.84 Å². The van der Waals surface area contributed by atoms with Crippen LogP contribution in [0.2, 0.25) is 0 Å². The predicted octanol–water partition coefficient (Wildman–Crippen LogP) is 1.71. The van der Waals surface area contributed by atoms with Gasteiger partial charge in [0, 0.05) is 38.3 Å². The Morgan fingerprint density at radius 3 is 2.48 bits per heavy atom. The van der Waals surface area contributed by atoms with E-state index in [4.69, 9.17) is 9.47 Å². The van der Waals surface area contributed by atoms with E-state index in [1.807, 2.05) is 12.1 Å². The minimum atomic E-state index is -2.99. The van der Waals surface area contributed by atoms with E-state index in [0.717, 1.165) is 43.2 Å². The fourth-order valence-corrected chi connectivity index (χ4v) is 6.28. The summed E-state index contributed by atoms with van der Waals surface area (Å²) < 4.78 is 36.0. The fraction of sp³-hybridized carbons (Fsp3) is 0.600. The second kappa shape index (κ2) is 7.45. The number of fused-ring (bicyclic) bond motifs is 2. The Kier molecular flexibility index (Phi) is 5.18. The zero-order valence-electron chi connectivity index (χ0n) is 16.1. The van der Waals surface area contributed by atoms with Crippen molar-refractivity contribution in [3.8, 4) is 11.5 Å². The van der Waals surface area contributed by atoms with Crippen LogP contribution < -0.4 is 9.47 Å². The first-order chi connectivity index (χ1) is 12.9. The molecular weight excluding hydrogens is 364 g/mol. The SMILES string of the molecule is CC(C)=CCN1CCN(Cc2ccc3c(c2)OCCO3)[C@H]2CS(=O)(=O)C[C@H]21. The van der Waals surface area contributed by atoms with Crippen LogP contribution in [0.4, 0.5) is 0 Å². The second-order valence-electron chi connectivity index (χ2n) is 7.94. The van der Waals surface area contributed by atoms with Crippen molar-refractivity contribution in [2.24, 2.45) is 0 Å².